The van der Waals surface area contributed by atoms with Gasteiger partial charge < -0.3 is 20.7 Å². The van der Waals surface area contributed by atoms with Gasteiger partial charge in [0, 0.05) is 36.0 Å². The fraction of sp³-hybridized carbons (Fsp3) is 0.421. The van der Waals surface area contributed by atoms with Gasteiger partial charge in [0.25, 0.3) is 0 Å². The van der Waals surface area contributed by atoms with Crippen molar-refractivity contribution >= 4 is 28.7 Å². The number of hydrogen-bond donors (Lipinski definition) is 4. The number of carbonyl (C=O) groups is 3. The molecular weight excluding hydrogens is 334 g/mol. The molecule has 0 saturated carbocycles. The summed E-state index contributed by atoms with van der Waals surface area (Å²) in [6.45, 7) is 0.405. The van der Waals surface area contributed by atoms with E-state index in [-0.39, 0.29) is 24.7 Å². The summed E-state index contributed by atoms with van der Waals surface area (Å²) in [5, 5.41) is 15.8. The smallest absolute Gasteiger partial charge is 0.303 e. The van der Waals surface area contributed by atoms with Crippen LogP contribution in [-0.2, 0) is 20.9 Å². The molecule has 1 aliphatic heterocycles. The molecular formula is C19H23N3O4. The van der Waals surface area contributed by atoms with E-state index < -0.39 is 11.5 Å². The third kappa shape index (κ3) is 4.41. The number of benzene rings is 1. The number of rotatable bonds is 8. The van der Waals surface area contributed by atoms with Crippen LogP contribution in [0.3, 0.4) is 0 Å². The van der Waals surface area contributed by atoms with E-state index >= 15 is 0 Å². The molecule has 1 fully saturated rings. The number of carboxylic acid groups (broad SMARTS) is 1. The minimum Gasteiger partial charge on any atom is -0.481 e. The van der Waals surface area contributed by atoms with Crippen LogP contribution in [0.4, 0.5) is 0 Å². The normalized spacial score (nSPS) is 19.5. The van der Waals surface area contributed by atoms with Crippen molar-refractivity contribution in [2.24, 2.45) is 0 Å². The van der Waals surface area contributed by atoms with Crippen molar-refractivity contribution < 1.29 is 19.5 Å². The third-order valence-corrected chi connectivity index (χ3v) is 4.94. The van der Waals surface area contributed by atoms with Gasteiger partial charge in [-0.25, -0.2) is 0 Å². The number of carboxylic acids is 1. The van der Waals surface area contributed by atoms with E-state index in [1.54, 1.807) is 0 Å². The van der Waals surface area contributed by atoms with E-state index in [0.29, 0.717) is 32.2 Å². The Morgan fingerprint density at radius 3 is 2.65 bits per heavy atom. The Kier molecular flexibility index (Phi) is 5.25. The molecule has 0 unspecified atom stereocenters. The first kappa shape index (κ1) is 18.0. The zero-order chi connectivity index (χ0) is 18.6. The van der Waals surface area contributed by atoms with Crippen LogP contribution in [0, 0.1) is 0 Å². The van der Waals surface area contributed by atoms with Gasteiger partial charge in [-0.05, 0) is 36.8 Å². The molecule has 26 heavy (non-hydrogen) atoms. The van der Waals surface area contributed by atoms with E-state index in [0.717, 1.165) is 16.6 Å². The van der Waals surface area contributed by atoms with Gasteiger partial charge in [0.15, 0.2) is 0 Å². The van der Waals surface area contributed by atoms with Gasteiger partial charge in [-0.1, -0.05) is 18.2 Å². The number of aromatic nitrogens is 1. The maximum absolute atomic E-state index is 12.2. The quantitative estimate of drug-likeness (QED) is 0.579. The van der Waals surface area contributed by atoms with Crippen LogP contribution in [0.25, 0.3) is 10.9 Å². The summed E-state index contributed by atoms with van der Waals surface area (Å²) in [5.74, 6) is -1.08. The van der Waals surface area contributed by atoms with Crippen molar-refractivity contribution in [2.75, 3.05) is 0 Å². The van der Waals surface area contributed by atoms with E-state index in [2.05, 4.69) is 15.6 Å². The molecule has 7 heteroatoms. The number of carbonyl (C=O) groups excluding carboxylic acids is 2. The van der Waals surface area contributed by atoms with E-state index in [1.807, 2.05) is 30.3 Å². The summed E-state index contributed by atoms with van der Waals surface area (Å²) in [6, 6.07) is 9.90. The molecule has 4 N–H and O–H groups in total. The highest BCUT2D eigenvalue weighted by molar-refractivity contribution is 5.81. The molecule has 0 spiro atoms. The van der Waals surface area contributed by atoms with Gasteiger partial charge in [-0.2, -0.15) is 0 Å². The lowest BCUT2D eigenvalue weighted by atomic mass is 9.86. The van der Waals surface area contributed by atoms with Gasteiger partial charge in [0.1, 0.15) is 0 Å². The Morgan fingerprint density at radius 2 is 1.96 bits per heavy atom. The first-order valence-electron chi connectivity index (χ1n) is 8.82. The predicted molar refractivity (Wildman–Crippen MR) is 96.4 cm³/mol. The zero-order valence-electron chi connectivity index (χ0n) is 14.5. The summed E-state index contributed by atoms with van der Waals surface area (Å²) in [7, 11) is 0. The summed E-state index contributed by atoms with van der Waals surface area (Å²) in [5.41, 5.74) is 1.38. The average molecular weight is 357 g/mol. The number of amides is 2. The molecule has 138 valence electrons. The fourth-order valence-electron chi connectivity index (χ4n) is 3.48. The van der Waals surface area contributed by atoms with Crippen molar-refractivity contribution in [2.45, 2.75) is 50.6 Å². The zero-order valence-corrected chi connectivity index (χ0v) is 14.5. The first-order chi connectivity index (χ1) is 12.5. The Morgan fingerprint density at radius 1 is 1.19 bits per heavy atom. The van der Waals surface area contributed by atoms with Gasteiger partial charge in [0.2, 0.25) is 11.8 Å². The number of aliphatic carboxylic acids is 1. The average Bonchev–Trinajstić information content (AvgIpc) is 3.20. The van der Waals surface area contributed by atoms with Gasteiger partial charge in [-0.3, -0.25) is 14.4 Å². The Labute approximate surface area is 151 Å². The molecule has 2 amide bonds. The van der Waals surface area contributed by atoms with Crippen LogP contribution in [0.1, 0.15) is 44.2 Å². The van der Waals surface area contributed by atoms with E-state index in [1.165, 1.54) is 0 Å². The number of para-hydroxylation sites is 1. The van der Waals surface area contributed by atoms with Crippen molar-refractivity contribution in [1.29, 1.82) is 0 Å². The molecule has 1 aromatic heterocycles. The highest BCUT2D eigenvalue weighted by Crippen LogP contribution is 2.30. The predicted octanol–water partition coefficient (Wildman–Crippen LogP) is 2.08. The molecule has 2 aromatic rings. The molecule has 0 aliphatic carbocycles. The van der Waals surface area contributed by atoms with Gasteiger partial charge in [0.05, 0.1) is 6.54 Å². The molecule has 0 bridgehead atoms. The molecule has 2 heterocycles. The van der Waals surface area contributed by atoms with Gasteiger partial charge >= 0.3 is 5.97 Å². The second-order valence-corrected chi connectivity index (χ2v) is 6.88. The fourth-order valence-corrected chi connectivity index (χ4v) is 3.48. The molecule has 1 aromatic carbocycles. The van der Waals surface area contributed by atoms with Crippen molar-refractivity contribution in [3.8, 4) is 0 Å². The summed E-state index contributed by atoms with van der Waals surface area (Å²) < 4.78 is 0. The lowest BCUT2D eigenvalue weighted by Crippen LogP contribution is -2.43. The lowest BCUT2D eigenvalue weighted by molar-refractivity contribution is -0.137. The molecule has 0 radical (unpaired) electrons. The number of aromatic amines is 1. The van der Waals surface area contributed by atoms with Crippen molar-refractivity contribution in [3.63, 3.8) is 0 Å². The minimum absolute atomic E-state index is 0.0169. The lowest BCUT2D eigenvalue weighted by Gasteiger charge is -2.28. The van der Waals surface area contributed by atoms with Crippen LogP contribution in [0.15, 0.2) is 30.3 Å². The van der Waals surface area contributed by atoms with Crippen LogP contribution >= 0.6 is 0 Å². The number of nitrogens with one attached hydrogen (secondary N) is 3. The highest BCUT2D eigenvalue weighted by atomic mass is 16.4. The number of fused-ring (bicyclic) bond motifs is 1. The van der Waals surface area contributed by atoms with Crippen molar-refractivity contribution in [1.82, 2.24) is 15.6 Å². The summed E-state index contributed by atoms with van der Waals surface area (Å²) >= 11 is 0. The van der Waals surface area contributed by atoms with Crippen LogP contribution in [0.2, 0.25) is 0 Å². The molecule has 7 nitrogen and oxygen atoms in total. The topological polar surface area (TPSA) is 111 Å². The molecule has 1 atom stereocenters. The molecule has 3 rings (SSSR count). The standard InChI is InChI=1S/C19H23N3O4/c23-16(20-12-14-11-13-3-1-2-4-15(13)21-14)5-8-19(10-7-18(25)26)9-6-17(24)22-19/h1-4,11,21H,5-10,12H2,(H,20,23)(H,22,24)(H,25,26)/t19-/m0/s1. The Balaban J connectivity index is 1.51. The van der Waals surface area contributed by atoms with E-state index in [4.69, 9.17) is 5.11 Å². The third-order valence-electron chi connectivity index (χ3n) is 4.94. The largest absolute Gasteiger partial charge is 0.481 e. The first-order valence-corrected chi connectivity index (χ1v) is 8.82. The second kappa shape index (κ2) is 7.59. The van der Waals surface area contributed by atoms with E-state index in [9.17, 15) is 14.4 Å². The van der Waals surface area contributed by atoms with Crippen LogP contribution in [-0.4, -0.2) is 33.4 Å². The summed E-state index contributed by atoms with van der Waals surface area (Å²) in [4.78, 5) is 37.9. The number of hydrogen-bond acceptors (Lipinski definition) is 3. The molecule has 1 aliphatic rings. The molecule has 1 saturated heterocycles. The Hall–Kier alpha value is -2.83. The van der Waals surface area contributed by atoms with Crippen LogP contribution < -0.4 is 10.6 Å². The van der Waals surface area contributed by atoms with Crippen LogP contribution in [0.5, 0.6) is 0 Å². The SMILES string of the molecule is O=C(O)CC[C@]1(CCC(=O)NCc2cc3ccccc3[nH]2)CCC(=O)N1. The maximum Gasteiger partial charge on any atom is 0.303 e. The second-order valence-electron chi connectivity index (χ2n) is 6.88. The number of H-pyrrole nitrogens is 1. The van der Waals surface area contributed by atoms with Gasteiger partial charge in [-0.15, -0.1) is 0 Å². The summed E-state index contributed by atoms with van der Waals surface area (Å²) in [6.07, 6.45) is 2.00. The Bertz CT molecular complexity index is 796. The van der Waals surface area contributed by atoms with Crippen molar-refractivity contribution in [3.05, 3.63) is 36.0 Å². The maximum atomic E-state index is 12.2. The minimum atomic E-state index is -0.895. The highest BCUT2D eigenvalue weighted by Gasteiger charge is 2.37. The monoisotopic (exact) mass is 357 g/mol.